The normalized spacial score (nSPS) is 12.7. The molecule has 1 atom stereocenters. The molecule has 1 amide bonds. The molecule has 1 aromatic heterocycles. The van der Waals surface area contributed by atoms with Crippen LogP contribution >= 0.6 is 0 Å². The van der Waals surface area contributed by atoms with Crippen molar-refractivity contribution in [2.75, 3.05) is 7.05 Å². The Bertz CT molecular complexity index is 1170. The predicted octanol–water partition coefficient (Wildman–Crippen LogP) is 3.26. The SMILES string of the molecule is Cc1nc2ccccc2c(C)c1CC(=O)N(C)[C@@H](C)c1ccc(S(N)(=O)=O)cc1. The molecule has 0 saturated carbocycles. The summed E-state index contributed by atoms with van der Waals surface area (Å²) in [4.78, 5) is 19.3. The molecule has 29 heavy (non-hydrogen) atoms. The van der Waals surface area contributed by atoms with E-state index in [1.165, 1.54) is 12.1 Å². The molecule has 0 radical (unpaired) electrons. The van der Waals surface area contributed by atoms with Gasteiger partial charge in [0.1, 0.15) is 0 Å². The minimum atomic E-state index is -3.74. The smallest absolute Gasteiger partial charge is 0.238 e. The first-order valence-electron chi connectivity index (χ1n) is 9.33. The Balaban J connectivity index is 1.83. The lowest BCUT2D eigenvalue weighted by atomic mass is 9.98. The number of sulfonamides is 1. The van der Waals surface area contributed by atoms with Crippen LogP contribution in [0.5, 0.6) is 0 Å². The van der Waals surface area contributed by atoms with Gasteiger partial charge in [-0.25, -0.2) is 13.6 Å². The highest BCUT2D eigenvalue weighted by Gasteiger charge is 2.21. The number of nitrogens with two attached hydrogens (primary N) is 1. The fourth-order valence-electron chi connectivity index (χ4n) is 3.48. The van der Waals surface area contributed by atoms with Crippen LogP contribution in [-0.4, -0.2) is 31.3 Å². The van der Waals surface area contributed by atoms with Crippen molar-refractivity contribution in [2.45, 2.75) is 38.1 Å². The van der Waals surface area contributed by atoms with Gasteiger partial charge in [-0.1, -0.05) is 30.3 Å². The van der Waals surface area contributed by atoms with Crippen LogP contribution in [0.3, 0.4) is 0 Å². The number of carbonyl (C=O) groups excluding carboxylic acids is 1. The zero-order valence-electron chi connectivity index (χ0n) is 17.0. The average molecular weight is 412 g/mol. The van der Waals surface area contributed by atoms with E-state index in [9.17, 15) is 13.2 Å². The topological polar surface area (TPSA) is 93.4 Å². The molecular formula is C22H25N3O3S. The van der Waals surface area contributed by atoms with E-state index in [1.54, 1.807) is 24.1 Å². The summed E-state index contributed by atoms with van der Waals surface area (Å²) in [5, 5.41) is 6.20. The van der Waals surface area contributed by atoms with Crippen LogP contribution in [0.15, 0.2) is 53.4 Å². The minimum absolute atomic E-state index is 0.0312. The van der Waals surface area contributed by atoms with E-state index >= 15 is 0 Å². The standard InChI is InChI=1S/C22H25N3O3S/c1-14-19-7-5-6-8-21(19)24-15(2)20(14)13-22(26)25(4)16(3)17-9-11-18(12-10-17)29(23,27)28/h5-12,16H,13H2,1-4H3,(H2,23,27,28)/t16-/m0/s1. The van der Waals surface area contributed by atoms with Gasteiger partial charge in [0.2, 0.25) is 15.9 Å². The molecule has 0 aliphatic rings. The van der Waals surface area contributed by atoms with E-state index in [4.69, 9.17) is 5.14 Å². The lowest BCUT2D eigenvalue weighted by Crippen LogP contribution is -2.31. The molecule has 152 valence electrons. The van der Waals surface area contributed by atoms with E-state index in [-0.39, 0.29) is 23.3 Å². The second-order valence-corrected chi connectivity index (χ2v) is 8.85. The van der Waals surface area contributed by atoms with Crippen LogP contribution < -0.4 is 5.14 Å². The van der Waals surface area contributed by atoms with Gasteiger partial charge in [0.15, 0.2) is 0 Å². The van der Waals surface area contributed by atoms with Gasteiger partial charge in [-0.2, -0.15) is 0 Å². The number of benzene rings is 2. The Hall–Kier alpha value is -2.77. The van der Waals surface area contributed by atoms with Crippen molar-refractivity contribution in [3.8, 4) is 0 Å². The Labute approximate surface area is 171 Å². The van der Waals surface area contributed by atoms with E-state index in [0.717, 1.165) is 33.3 Å². The summed E-state index contributed by atoms with van der Waals surface area (Å²) in [5.74, 6) is -0.0312. The highest BCUT2D eigenvalue weighted by atomic mass is 32.2. The van der Waals surface area contributed by atoms with E-state index in [1.807, 2.05) is 45.0 Å². The molecular weight excluding hydrogens is 386 g/mol. The Morgan fingerprint density at radius 2 is 1.72 bits per heavy atom. The van der Waals surface area contributed by atoms with Crippen LogP contribution in [0.25, 0.3) is 10.9 Å². The van der Waals surface area contributed by atoms with Gasteiger partial charge in [-0.15, -0.1) is 0 Å². The number of hydrogen-bond acceptors (Lipinski definition) is 4. The first-order chi connectivity index (χ1) is 13.6. The van der Waals surface area contributed by atoms with Crippen molar-refractivity contribution in [1.29, 1.82) is 0 Å². The number of primary sulfonamides is 1. The molecule has 0 aliphatic carbocycles. The maximum atomic E-state index is 13.0. The number of amides is 1. The van der Waals surface area contributed by atoms with E-state index in [2.05, 4.69) is 4.98 Å². The molecule has 0 spiro atoms. The number of fused-ring (bicyclic) bond motifs is 1. The molecule has 7 heteroatoms. The first-order valence-corrected chi connectivity index (χ1v) is 10.9. The van der Waals surface area contributed by atoms with Crippen LogP contribution in [0.4, 0.5) is 0 Å². The van der Waals surface area contributed by atoms with E-state index < -0.39 is 10.0 Å². The number of hydrogen-bond donors (Lipinski definition) is 1. The molecule has 6 nitrogen and oxygen atoms in total. The molecule has 2 aromatic carbocycles. The lowest BCUT2D eigenvalue weighted by molar-refractivity contribution is -0.131. The summed E-state index contributed by atoms with van der Waals surface area (Å²) in [6.45, 7) is 5.86. The van der Waals surface area contributed by atoms with Crippen LogP contribution in [0.2, 0.25) is 0 Å². The number of likely N-dealkylation sites (N-methyl/N-ethyl adjacent to an activating group) is 1. The van der Waals surface area contributed by atoms with Crippen molar-refractivity contribution >= 4 is 26.8 Å². The van der Waals surface area contributed by atoms with Gasteiger partial charge in [0.25, 0.3) is 0 Å². The number of para-hydroxylation sites is 1. The second kappa shape index (κ2) is 7.93. The maximum Gasteiger partial charge on any atom is 0.238 e. The van der Waals surface area contributed by atoms with Crippen LogP contribution in [-0.2, 0) is 21.2 Å². The monoisotopic (exact) mass is 411 g/mol. The Morgan fingerprint density at radius 1 is 1.10 bits per heavy atom. The second-order valence-electron chi connectivity index (χ2n) is 7.29. The van der Waals surface area contributed by atoms with Crippen LogP contribution in [0.1, 0.15) is 35.3 Å². The lowest BCUT2D eigenvalue weighted by Gasteiger charge is -2.26. The molecule has 0 unspecified atom stereocenters. The van der Waals surface area contributed by atoms with Gasteiger partial charge in [0.05, 0.1) is 22.9 Å². The fourth-order valence-corrected chi connectivity index (χ4v) is 4.00. The summed E-state index contributed by atoms with van der Waals surface area (Å²) < 4.78 is 22.8. The quantitative estimate of drug-likeness (QED) is 0.697. The van der Waals surface area contributed by atoms with Crippen molar-refractivity contribution in [3.05, 3.63) is 70.9 Å². The molecule has 3 rings (SSSR count). The molecule has 1 heterocycles. The summed E-state index contributed by atoms with van der Waals surface area (Å²) in [6.07, 6.45) is 0.256. The fraction of sp³-hybridized carbons (Fsp3) is 0.273. The number of aryl methyl sites for hydroxylation is 2. The minimum Gasteiger partial charge on any atom is -0.339 e. The summed E-state index contributed by atoms with van der Waals surface area (Å²) in [5.41, 5.74) is 4.62. The Morgan fingerprint density at radius 3 is 2.34 bits per heavy atom. The molecule has 3 aromatic rings. The molecule has 0 fully saturated rings. The number of aromatic nitrogens is 1. The Kier molecular flexibility index (Phi) is 5.73. The van der Waals surface area contributed by atoms with Crippen LogP contribution in [0, 0.1) is 13.8 Å². The third kappa shape index (κ3) is 4.31. The van der Waals surface area contributed by atoms with E-state index in [0.29, 0.717) is 0 Å². The average Bonchev–Trinajstić information content (AvgIpc) is 2.69. The molecule has 0 aliphatic heterocycles. The number of pyridine rings is 1. The molecule has 0 bridgehead atoms. The number of nitrogens with zero attached hydrogens (tertiary/aromatic N) is 2. The third-order valence-corrected chi connectivity index (χ3v) is 6.41. The highest BCUT2D eigenvalue weighted by Crippen LogP contribution is 2.25. The molecule has 2 N–H and O–H groups in total. The highest BCUT2D eigenvalue weighted by molar-refractivity contribution is 7.89. The van der Waals surface area contributed by atoms with Gasteiger partial charge < -0.3 is 4.90 Å². The number of rotatable bonds is 5. The summed E-state index contributed by atoms with van der Waals surface area (Å²) in [6, 6.07) is 14.0. The zero-order chi connectivity index (χ0) is 21.3. The first kappa shape index (κ1) is 21.0. The van der Waals surface area contributed by atoms with Crippen molar-refractivity contribution in [2.24, 2.45) is 5.14 Å². The van der Waals surface area contributed by atoms with Gasteiger partial charge in [-0.3, -0.25) is 9.78 Å². The predicted molar refractivity (Wildman–Crippen MR) is 114 cm³/mol. The maximum absolute atomic E-state index is 13.0. The zero-order valence-corrected chi connectivity index (χ0v) is 17.8. The number of carbonyl (C=O) groups is 1. The van der Waals surface area contributed by atoms with Gasteiger partial charge >= 0.3 is 0 Å². The molecule has 0 saturated heterocycles. The summed E-state index contributed by atoms with van der Waals surface area (Å²) in [7, 11) is -1.99. The third-order valence-electron chi connectivity index (χ3n) is 5.48. The largest absolute Gasteiger partial charge is 0.339 e. The van der Waals surface area contributed by atoms with Gasteiger partial charge in [-0.05, 0) is 55.7 Å². The van der Waals surface area contributed by atoms with Gasteiger partial charge in [0, 0.05) is 18.1 Å². The van der Waals surface area contributed by atoms with Crippen molar-refractivity contribution in [3.63, 3.8) is 0 Å². The van der Waals surface area contributed by atoms with Crippen molar-refractivity contribution < 1.29 is 13.2 Å². The van der Waals surface area contributed by atoms with Crippen molar-refractivity contribution in [1.82, 2.24) is 9.88 Å². The summed E-state index contributed by atoms with van der Waals surface area (Å²) >= 11 is 0.